The number of carbonyl (C=O) groups excluding carboxylic acids is 1. The fourth-order valence-corrected chi connectivity index (χ4v) is 3.75. The van der Waals surface area contributed by atoms with Crippen LogP contribution in [0.2, 0.25) is 0 Å². The predicted molar refractivity (Wildman–Crippen MR) is 96.1 cm³/mol. The Bertz CT molecular complexity index is 636. The van der Waals surface area contributed by atoms with Gasteiger partial charge >= 0.3 is 0 Å². The van der Waals surface area contributed by atoms with Crippen molar-refractivity contribution >= 4 is 15.9 Å². The third-order valence-corrected chi connectivity index (χ3v) is 5.96. The molecule has 1 aromatic carbocycles. The zero-order valence-corrected chi connectivity index (χ0v) is 15.8. The monoisotopic (exact) mass is 355 g/mol. The highest BCUT2D eigenvalue weighted by atomic mass is 32.2. The first-order valence-electron chi connectivity index (χ1n) is 8.26. The zero-order valence-electron chi connectivity index (χ0n) is 15.0. The first-order valence-corrected chi connectivity index (χ1v) is 9.70. The summed E-state index contributed by atoms with van der Waals surface area (Å²) in [5, 5.41) is 2.88. The van der Waals surface area contributed by atoms with Gasteiger partial charge in [0.25, 0.3) is 0 Å². The quantitative estimate of drug-likeness (QED) is 0.702. The van der Waals surface area contributed by atoms with Crippen LogP contribution in [0.1, 0.15) is 39.7 Å². The Balaban J connectivity index is 2.71. The van der Waals surface area contributed by atoms with Crippen LogP contribution in [0.15, 0.2) is 29.2 Å². The summed E-state index contributed by atoms with van der Waals surface area (Å²) in [6.07, 6.45) is 0.893. The van der Waals surface area contributed by atoms with Crippen molar-refractivity contribution in [3.8, 4) is 0 Å². The summed E-state index contributed by atoms with van der Waals surface area (Å²) in [7, 11) is -3.44. The van der Waals surface area contributed by atoms with Gasteiger partial charge in [-0.3, -0.25) is 4.79 Å². The summed E-state index contributed by atoms with van der Waals surface area (Å²) < 4.78 is 26.2. The van der Waals surface area contributed by atoms with Gasteiger partial charge in [0.2, 0.25) is 15.9 Å². The highest BCUT2D eigenvalue weighted by molar-refractivity contribution is 7.89. The van der Waals surface area contributed by atoms with E-state index in [0.717, 1.165) is 5.56 Å². The fourth-order valence-electron chi connectivity index (χ4n) is 2.29. The molecule has 0 radical (unpaired) electrons. The molecule has 1 amide bonds. The van der Waals surface area contributed by atoms with E-state index in [-0.39, 0.29) is 10.8 Å². The van der Waals surface area contributed by atoms with Gasteiger partial charge in [0.05, 0.1) is 4.90 Å². The molecule has 1 rings (SSSR count). The van der Waals surface area contributed by atoms with Crippen LogP contribution in [-0.4, -0.2) is 43.8 Å². The molecular formula is C17H29N3O3S. The minimum atomic E-state index is -3.44. The van der Waals surface area contributed by atoms with Gasteiger partial charge in [0.1, 0.15) is 0 Å². The summed E-state index contributed by atoms with van der Waals surface area (Å²) in [4.78, 5) is 12.2. The number of aryl methyl sites for hydroxylation is 1. The van der Waals surface area contributed by atoms with Gasteiger partial charge in [0.15, 0.2) is 0 Å². The number of nitrogens with two attached hydrogens (primary N) is 1. The van der Waals surface area contributed by atoms with Crippen LogP contribution >= 0.6 is 0 Å². The molecule has 0 unspecified atom stereocenters. The molecule has 0 heterocycles. The molecule has 0 saturated heterocycles. The molecule has 0 fully saturated rings. The van der Waals surface area contributed by atoms with E-state index in [1.807, 2.05) is 27.7 Å². The molecule has 0 aliphatic carbocycles. The average Bonchev–Trinajstić information content (AvgIpc) is 2.54. The van der Waals surface area contributed by atoms with E-state index in [1.165, 1.54) is 4.31 Å². The van der Waals surface area contributed by atoms with Crippen molar-refractivity contribution in [2.75, 3.05) is 19.6 Å². The molecule has 0 aliphatic rings. The van der Waals surface area contributed by atoms with Gasteiger partial charge in [0, 0.05) is 31.6 Å². The van der Waals surface area contributed by atoms with Crippen LogP contribution in [0.3, 0.4) is 0 Å². The molecule has 0 atom stereocenters. The van der Waals surface area contributed by atoms with Gasteiger partial charge in [-0.25, -0.2) is 8.42 Å². The lowest BCUT2D eigenvalue weighted by molar-refractivity contribution is -0.122. The SMILES string of the molecule is CCN(CC)S(=O)(=O)c1ccc(CCC(=O)NC(C)(C)CN)cc1. The lowest BCUT2D eigenvalue weighted by atomic mass is 10.0. The second kappa shape index (κ2) is 8.60. The number of rotatable bonds is 9. The number of hydrogen-bond donors (Lipinski definition) is 2. The average molecular weight is 356 g/mol. The molecule has 0 bridgehead atoms. The summed E-state index contributed by atoms with van der Waals surface area (Å²) in [5.74, 6) is -0.0645. The maximum Gasteiger partial charge on any atom is 0.243 e. The Kier molecular flexibility index (Phi) is 7.38. The Labute approximate surface area is 145 Å². The van der Waals surface area contributed by atoms with E-state index < -0.39 is 15.6 Å². The first-order chi connectivity index (χ1) is 11.2. The van der Waals surface area contributed by atoms with Crippen molar-refractivity contribution < 1.29 is 13.2 Å². The van der Waals surface area contributed by atoms with Crippen LogP contribution in [0.4, 0.5) is 0 Å². The fraction of sp³-hybridized carbons (Fsp3) is 0.588. The lowest BCUT2D eigenvalue weighted by Gasteiger charge is -2.24. The largest absolute Gasteiger partial charge is 0.350 e. The number of carbonyl (C=O) groups is 1. The molecule has 0 spiro atoms. The first kappa shape index (κ1) is 20.6. The van der Waals surface area contributed by atoms with Crippen molar-refractivity contribution in [2.24, 2.45) is 5.73 Å². The highest BCUT2D eigenvalue weighted by Gasteiger charge is 2.21. The highest BCUT2D eigenvalue weighted by Crippen LogP contribution is 2.17. The van der Waals surface area contributed by atoms with Gasteiger partial charge in [-0.15, -0.1) is 0 Å². The van der Waals surface area contributed by atoms with Gasteiger partial charge in [-0.2, -0.15) is 4.31 Å². The van der Waals surface area contributed by atoms with Crippen LogP contribution < -0.4 is 11.1 Å². The lowest BCUT2D eigenvalue weighted by Crippen LogP contribution is -2.48. The van der Waals surface area contributed by atoms with Crippen molar-refractivity contribution in [3.05, 3.63) is 29.8 Å². The van der Waals surface area contributed by atoms with Crippen LogP contribution in [-0.2, 0) is 21.2 Å². The number of benzene rings is 1. The second-order valence-corrected chi connectivity index (χ2v) is 8.31. The molecule has 3 N–H and O–H groups in total. The molecule has 24 heavy (non-hydrogen) atoms. The van der Waals surface area contributed by atoms with E-state index in [9.17, 15) is 13.2 Å². The van der Waals surface area contributed by atoms with Gasteiger partial charge < -0.3 is 11.1 Å². The number of nitrogens with zero attached hydrogens (tertiary/aromatic N) is 1. The Morgan fingerprint density at radius 1 is 1.17 bits per heavy atom. The predicted octanol–water partition coefficient (Wildman–Crippen LogP) is 1.50. The maximum absolute atomic E-state index is 12.4. The summed E-state index contributed by atoms with van der Waals surface area (Å²) in [6.45, 7) is 8.63. The van der Waals surface area contributed by atoms with E-state index >= 15 is 0 Å². The molecular weight excluding hydrogens is 326 g/mol. The third-order valence-electron chi connectivity index (χ3n) is 3.90. The van der Waals surface area contributed by atoms with Crippen molar-refractivity contribution in [3.63, 3.8) is 0 Å². The Hall–Kier alpha value is -1.44. The second-order valence-electron chi connectivity index (χ2n) is 6.37. The summed E-state index contributed by atoms with van der Waals surface area (Å²) in [6, 6.07) is 6.73. The topological polar surface area (TPSA) is 92.5 Å². The normalized spacial score (nSPS) is 12.4. The molecule has 0 aliphatic heterocycles. The van der Waals surface area contributed by atoms with Crippen LogP contribution in [0.25, 0.3) is 0 Å². The Morgan fingerprint density at radius 3 is 2.17 bits per heavy atom. The summed E-state index contributed by atoms with van der Waals surface area (Å²) in [5.41, 5.74) is 6.10. The minimum Gasteiger partial charge on any atom is -0.350 e. The Morgan fingerprint density at radius 2 is 1.71 bits per heavy atom. The van der Waals surface area contributed by atoms with E-state index in [1.54, 1.807) is 24.3 Å². The summed E-state index contributed by atoms with van der Waals surface area (Å²) >= 11 is 0. The number of hydrogen-bond acceptors (Lipinski definition) is 4. The van der Waals surface area contributed by atoms with Gasteiger partial charge in [-0.1, -0.05) is 26.0 Å². The van der Waals surface area contributed by atoms with E-state index in [0.29, 0.717) is 32.5 Å². The van der Waals surface area contributed by atoms with Gasteiger partial charge in [-0.05, 0) is 38.0 Å². The molecule has 1 aromatic rings. The van der Waals surface area contributed by atoms with Crippen LogP contribution in [0, 0.1) is 0 Å². The molecule has 136 valence electrons. The van der Waals surface area contributed by atoms with Crippen molar-refractivity contribution in [1.29, 1.82) is 0 Å². The molecule has 0 aromatic heterocycles. The number of amides is 1. The van der Waals surface area contributed by atoms with Crippen molar-refractivity contribution in [1.82, 2.24) is 9.62 Å². The zero-order chi connectivity index (χ0) is 18.4. The smallest absolute Gasteiger partial charge is 0.243 e. The van der Waals surface area contributed by atoms with Crippen molar-refractivity contribution in [2.45, 2.75) is 51.0 Å². The molecule has 6 nitrogen and oxygen atoms in total. The van der Waals surface area contributed by atoms with E-state index in [2.05, 4.69) is 5.32 Å². The standard InChI is InChI=1S/C17H29N3O3S/c1-5-20(6-2)24(22,23)15-10-7-14(8-11-15)9-12-16(21)19-17(3,4)13-18/h7-8,10-11H,5-6,9,12-13,18H2,1-4H3,(H,19,21). The van der Waals surface area contributed by atoms with Crippen LogP contribution in [0.5, 0.6) is 0 Å². The maximum atomic E-state index is 12.4. The third kappa shape index (κ3) is 5.58. The molecule has 7 heteroatoms. The number of sulfonamides is 1. The minimum absolute atomic E-state index is 0.0645. The number of nitrogens with one attached hydrogen (secondary N) is 1. The van der Waals surface area contributed by atoms with E-state index in [4.69, 9.17) is 5.73 Å². The molecule has 0 saturated carbocycles.